The van der Waals surface area contributed by atoms with Crippen molar-refractivity contribution in [2.45, 2.75) is 31.5 Å². The second-order valence-corrected chi connectivity index (χ2v) is 6.25. The summed E-state index contributed by atoms with van der Waals surface area (Å²) in [7, 11) is 1.50. The Morgan fingerprint density at radius 2 is 2.04 bits per heavy atom. The number of likely N-dealkylation sites (tertiary alicyclic amines) is 1. The quantitative estimate of drug-likeness (QED) is 0.801. The van der Waals surface area contributed by atoms with Gasteiger partial charge in [-0.3, -0.25) is 14.4 Å². The summed E-state index contributed by atoms with van der Waals surface area (Å²) in [6.07, 6.45) is -2.21. The van der Waals surface area contributed by atoms with Crippen molar-refractivity contribution >= 4 is 23.8 Å². The van der Waals surface area contributed by atoms with Gasteiger partial charge in [0, 0.05) is 24.8 Å². The van der Waals surface area contributed by atoms with Crippen molar-refractivity contribution in [3.8, 4) is 0 Å². The molecule has 9 heteroatoms. The highest BCUT2D eigenvalue weighted by Crippen LogP contribution is 2.32. The van der Waals surface area contributed by atoms with Crippen LogP contribution in [0.3, 0.4) is 0 Å². The summed E-state index contributed by atoms with van der Waals surface area (Å²) in [5.41, 5.74) is 4.44. The zero-order chi connectivity index (χ0) is 19.5. The van der Waals surface area contributed by atoms with Crippen LogP contribution in [-0.2, 0) is 15.8 Å². The molecule has 1 aromatic rings. The van der Waals surface area contributed by atoms with E-state index in [1.165, 1.54) is 16.8 Å². The smallest absolute Gasteiger partial charge is 0.368 e. The van der Waals surface area contributed by atoms with Gasteiger partial charge in [-0.1, -0.05) is 0 Å². The van der Waals surface area contributed by atoms with Crippen molar-refractivity contribution in [3.05, 3.63) is 29.3 Å². The highest BCUT2D eigenvalue weighted by molar-refractivity contribution is 5.91. The Bertz CT molecular complexity index is 706. The van der Waals surface area contributed by atoms with Crippen LogP contribution in [0.1, 0.15) is 35.2 Å². The first-order chi connectivity index (χ1) is 12.1. The Morgan fingerprint density at radius 3 is 2.62 bits per heavy atom. The lowest BCUT2D eigenvalue weighted by Gasteiger charge is -2.35. The topological polar surface area (TPSA) is 83.7 Å². The van der Waals surface area contributed by atoms with E-state index in [1.54, 1.807) is 0 Å². The summed E-state index contributed by atoms with van der Waals surface area (Å²) in [5, 5.41) is 0. The van der Waals surface area contributed by atoms with Gasteiger partial charge in [0.1, 0.15) is 6.04 Å². The number of amides is 2. The van der Waals surface area contributed by atoms with Gasteiger partial charge in [-0.05, 0) is 37.5 Å². The second-order valence-electron chi connectivity index (χ2n) is 6.25. The van der Waals surface area contributed by atoms with Crippen LogP contribution < -0.4 is 10.6 Å². The minimum atomic E-state index is -4.56. The summed E-state index contributed by atoms with van der Waals surface area (Å²) < 4.78 is 38.3. The Balaban J connectivity index is 2.18. The first-order valence-corrected chi connectivity index (χ1v) is 8.11. The third kappa shape index (κ3) is 4.33. The summed E-state index contributed by atoms with van der Waals surface area (Å²) in [4.78, 5) is 38.0. The van der Waals surface area contributed by atoms with E-state index < -0.39 is 23.7 Å². The molecule has 0 saturated carbocycles. The molecule has 0 bridgehead atoms. The average molecular weight is 371 g/mol. The third-order valence-electron chi connectivity index (χ3n) is 4.42. The number of primary amides is 1. The highest BCUT2D eigenvalue weighted by Gasteiger charge is 2.33. The lowest BCUT2D eigenvalue weighted by Crippen LogP contribution is -2.52. The van der Waals surface area contributed by atoms with E-state index in [0.29, 0.717) is 19.3 Å². The minimum absolute atomic E-state index is 0.166. The maximum absolute atomic E-state index is 12.8. The molecule has 1 atom stereocenters. The van der Waals surface area contributed by atoms with Gasteiger partial charge in [-0.2, -0.15) is 13.2 Å². The molecule has 1 heterocycles. The fraction of sp³-hybridized carbons (Fsp3) is 0.471. The number of carbonyl (C=O) groups is 3. The molecule has 142 valence electrons. The zero-order valence-corrected chi connectivity index (χ0v) is 14.3. The summed E-state index contributed by atoms with van der Waals surface area (Å²) in [5.74, 6) is -0.948. The van der Waals surface area contributed by atoms with Crippen molar-refractivity contribution < 1.29 is 27.6 Å². The molecule has 1 aliphatic rings. The Morgan fingerprint density at radius 1 is 1.35 bits per heavy atom. The van der Waals surface area contributed by atoms with E-state index in [2.05, 4.69) is 0 Å². The molecule has 0 spiro atoms. The van der Waals surface area contributed by atoms with E-state index in [-0.39, 0.29) is 23.7 Å². The number of aldehydes is 1. The van der Waals surface area contributed by atoms with Gasteiger partial charge in [0.2, 0.25) is 11.8 Å². The molecule has 1 aromatic carbocycles. The standard InChI is InChI=1S/C17H20F3N3O3/c1-22(9-15(25)23-7-3-2-4-14(23)16(21)26)13-6-5-12(17(18,19)20)8-11(13)10-24/h5-6,8,10,14H,2-4,7,9H2,1H3,(H2,21,26). The largest absolute Gasteiger partial charge is 0.416 e. The number of benzene rings is 1. The van der Waals surface area contributed by atoms with Crippen LogP contribution in [0.2, 0.25) is 0 Å². The zero-order valence-electron chi connectivity index (χ0n) is 14.3. The maximum Gasteiger partial charge on any atom is 0.416 e. The fourth-order valence-corrected chi connectivity index (χ4v) is 3.08. The number of likely N-dealkylation sites (N-methyl/N-ethyl adjacent to an activating group) is 1. The van der Waals surface area contributed by atoms with E-state index in [0.717, 1.165) is 31.0 Å². The number of alkyl halides is 3. The number of rotatable bonds is 5. The number of hydrogen-bond donors (Lipinski definition) is 1. The Hall–Kier alpha value is -2.58. The number of hydrogen-bond acceptors (Lipinski definition) is 4. The van der Waals surface area contributed by atoms with Gasteiger partial charge in [0.05, 0.1) is 12.1 Å². The number of carbonyl (C=O) groups excluding carboxylic acids is 3. The molecule has 1 aliphatic heterocycles. The molecule has 0 radical (unpaired) electrons. The van der Waals surface area contributed by atoms with Crippen molar-refractivity contribution in [2.75, 3.05) is 25.0 Å². The van der Waals surface area contributed by atoms with E-state index in [1.807, 2.05) is 0 Å². The molecule has 0 aliphatic carbocycles. The van der Waals surface area contributed by atoms with Crippen molar-refractivity contribution in [3.63, 3.8) is 0 Å². The van der Waals surface area contributed by atoms with Crippen LogP contribution in [0.5, 0.6) is 0 Å². The Kier molecular flexibility index (Phi) is 5.89. The van der Waals surface area contributed by atoms with Gasteiger partial charge in [-0.15, -0.1) is 0 Å². The van der Waals surface area contributed by atoms with Crippen molar-refractivity contribution in [1.29, 1.82) is 0 Å². The maximum atomic E-state index is 12.8. The monoisotopic (exact) mass is 371 g/mol. The van der Waals surface area contributed by atoms with Gasteiger partial charge in [0.25, 0.3) is 0 Å². The fourth-order valence-electron chi connectivity index (χ4n) is 3.08. The molecule has 1 saturated heterocycles. The number of anilines is 1. The van der Waals surface area contributed by atoms with Crippen molar-refractivity contribution in [1.82, 2.24) is 4.90 Å². The average Bonchev–Trinajstić information content (AvgIpc) is 2.60. The van der Waals surface area contributed by atoms with Gasteiger partial charge in [-0.25, -0.2) is 0 Å². The minimum Gasteiger partial charge on any atom is -0.368 e. The van der Waals surface area contributed by atoms with Gasteiger partial charge < -0.3 is 15.5 Å². The normalized spacial score (nSPS) is 17.7. The molecule has 2 N–H and O–H groups in total. The number of piperidine rings is 1. The molecular weight excluding hydrogens is 351 g/mol. The number of nitrogens with two attached hydrogens (primary N) is 1. The number of halogens is 3. The molecule has 1 unspecified atom stereocenters. The predicted octanol–water partition coefficient (Wildman–Crippen LogP) is 1.82. The SMILES string of the molecule is CN(CC(=O)N1CCCCC1C(N)=O)c1ccc(C(F)(F)F)cc1C=O. The molecule has 26 heavy (non-hydrogen) atoms. The van der Waals surface area contributed by atoms with Crippen LogP contribution in [0.15, 0.2) is 18.2 Å². The summed E-state index contributed by atoms with van der Waals surface area (Å²) >= 11 is 0. The highest BCUT2D eigenvalue weighted by atomic mass is 19.4. The van der Waals surface area contributed by atoms with Crippen LogP contribution in [0.25, 0.3) is 0 Å². The Labute approximate surface area is 148 Å². The lowest BCUT2D eigenvalue weighted by molar-refractivity contribution is -0.139. The molecular formula is C17H20F3N3O3. The van der Waals surface area contributed by atoms with Crippen LogP contribution in [-0.4, -0.2) is 49.2 Å². The first-order valence-electron chi connectivity index (χ1n) is 8.11. The first kappa shape index (κ1) is 19.7. The van der Waals surface area contributed by atoms with E-state index >= 15 is 0 Å². The summed E-state index contributed by atoms with van der Waals surface area (Å²) in [6.45, 7) is 0.212. The molecule has 1 fully saturated rings. The van der Waals surface area contributed by atoms with E-state index in [9.17, 15) is 27.6 Å². The van der Waals surface area contributed by atoms with Gasteiger partial charge >= 0.3 is 6.18 Å². The second kappa shape index (κ2) is 7.76. The van der Waals surface area contributed by atoms with Gasteiger partial charge in [0.15, 0.2) is 6.29 Å². The van der Waals surface area contributed by atoms with Crippen LogP contribution in [0.4, 0.5) is 18.9 Å². The molecule has 0 aromatic heterocycles. The van der Waals surface area contributed by atoms with E-state index in [4.69, 9.17) is 5.73 Å². The molecule has 6 nitrogen and oxygen atoms in total. The van der Waals surface area contributed by atoms with Crippen LogP contribution in [0, 0.1) is 0 Å². The number of nitrogens with zero attached hydrogens (tertiary/aromatic N) is 2. The predicted molar refractivity (Wildman–Crippen MR) is 88.6 cm³/mol. The van der Waals surface area contributed by atoms with Crippen LogP contribution >= 0.6 is 0 Å². The summed E-state index contributed by atoms with van der Waals surface area (Å²) in [6, 6.07) is 2.08. The van der Waals surface area contributed by atoms with Crippen molar-refractivity contribution in [2.24, 2.45) is 5.73 Å². The third-order valence-corrected chi connectivity index (χ3v) is 4.42. The molecule has 2 amide bonds. The lowest BCUT2D eigenvalue weighted by atomic mass is 10.0. The molecule has 2 rings (SSSR count).